The summed E-state index contributed by atoms with van der Waals surface area (Å²) in [5.41, 5.74) is 7.07. The molecule has 2 aromatic heterocycles. The highest BCUT2D eigenvalue weighted by atomic mass is 16.5. The molecule has 8 heteroatoms. The number of benzene rings is 1. The van der Waals surface area contributed by atoms with E-state index in [1.54, 1.807) is 25.4 Å². The number of ether oxygens (including phenoxy) is 1. The minimum atomic E-state index is -0.647. The lowest BCUT2D eigenvalue weighted by Gasteiger charge is -2.07. The summed E-state index contributed by atoms with van der Waals surface area (Å²) in [7, 11) is 0. The fourth-order valence-electron chi connectivity index (χ4n) is 3.34. The van der Waals surface area contributed by atoms with E-state index in [4.69, 9.17) is 15.0 Å². The second-order valence-electron chi connectivity index (χ2n) is 7.69. The average Bonchev–Trinajstić information content (AvgIpc) is 3.14. The van der Waals surface area contributed by atoms with Crippen LogP contribution in [0.25, 0.3) is 0 Å². The summed E-state index contributed by atoms with van der Waals surface area (Å²) in [4.78, 5) is 4.15. The Morgan fingerprint density at radius 3 is 2.97 bits per heavy atom. The van der Waals surface area contributed by atoms with Gasteiger partial charge in [-0.3, -0.25) is 0 Å². The van der Waals surface area contributed by atoms with Crippen LogP contribution in [0.1, 0.15) is 42.3 Å². The van der Waals surface area contributed by atoms with Gasteiger partial charge in [0.05, 0.1) is 6.54 Å². The van der Waals surface area contributed by atoms with Crippen LogP contribution in [0.5, 0.6) is 5.75 Å². The molecule has 1 unspecified atom stereocenters. The molecule has 162 valence electrons. The molecule has 0 aliphatic heterocycles. The Labute approximate surface area is 181 Å². The predicted octanol–water partition coefficient (Wildman–Crippen LogP) is 1.69. The lowest BCUT2D eigenvalue weighted by Crippen LogP contribution is -2.25. The second-order valence-corrected chi connectivity index (χ2v) is 7.69. The normalized spacial score (nSPS) is 18.3. The summed E-state index contributed by atoms with van der Waals surface area (Å²) in [6, 6.07) is 9.54. The number of rotatable bonds is 9. The van der Waals surface area contributed by atoms with Gasteiger partial charge in [-0.1, -0.05) is 11.1 Å². The average molecular weight is 422 g/mol. The molecule has 2 heterocycles. The second kappa shape index (κ2) is 9.79. The van der Waals surface area contributed by atoms with Crippen LogP contribution in [0.4, 0.5) is 0 Å². The summed E-state index contributed by atoms with van der Waals surface area (Å²) in [6.07, 6.45) is 4.15. The van der Waals surface area contributed by atoms with E-state index in [-0.39, 0.29) is 6.10 Å². The van der Waals surface area contributed by atoms with Crippen LogP contribution < -0.4 is 15.8 Å². The number of hydrogen-bond acceptors (Lipinski definition) is 7. The number of aliphatic hydroxyl groups excluding tert-OH is 1. The number of nitrogens with zero attached hydrogens (tertiary/aromatic N) is 3. The van der Waals surface area contributed by atoms with Gasteiger partial charge in [0, 0.05) is 49.6 Å². The molecular formula is C23H27N5O3. The maximum absolute atomic E-state index is 9.75. The molecule has 1 aliphatic rings. The van der Waals surface area contributed by atoms with E-state index in [1.165, 1.54) is 0 Å². The van der Waals surface area contributed by atoms with Crippen LogP contribution in [0.15, 0.2) is 47.2 Å². The lowest BCUT2D eigenvalue weighted by molar-refractivity contribution is 0.184. The summed E-state index contributed by atoms with van der Waals surface area (Å²) in [6.45, 7) is 4.59. The van der Waals surface area contributed by atoms with E-state index in [2.05, 4.69) is 27.3 Å². The van der Waals surface area contributed by atoms with Gasteiger partial charge in [0.2, 0.25) is 5.76 Å². The third kappa shape index (κ3) is 5.73. The summed E-state index contributed by atoms with van der Waals surface area (Å²) in [5, 5.41) is 17.1. The first-order valence-corrected chi connectivity index (χ1v) is 10.5. The topological polar surface area (TPSA) is 111 Å². The molecule has 8 nitrogen and oxygen atoms in total. The van der Waals surface area contributed by atoms with Gasteiger partial charge in [-0.05, 0) is 43.5 Å². The van der Waals surface area contributed by atoms with E-state index in [0.717, 1.165) is 30.8 Å². The fourth-order valence-corrected chi connectivity index (χ4v) is 3.34. The molecular weight excluding hydrogens is 394 g/mol. The van der Waals surface area contributed by atoms with Crippen molar-refractivity contribution in [1.29, 1.82) is 0 Å². The van der Waals surface area contributed by atoms with Gasteiger partial charge in [-0.15, -0.1) is 0 Å². The highest BCUT2D eigenvalue weighted by Gasteiger charge is 2.38. The standard InChI is InChI=1S/C23H27N5O3/c1-16(29)23-26-10-11-28(23)15-19-13-21(31-27-19)7-4-17-2-5-20(6-3-17)30-22-12-18(22)14-25-9-8-24/h2-3,5-6,10-11,13,16,18,22,25,29H,8-9,12,14-15,24H2,1H3/t16?,18-,22+/m0/s1. The molecule has 1 aromatic carbocycles. The number of aromatic nitrogens is 3. The Kier molecular flexibility index (Phi) is 6.67. The molecule has 0 saturated heterocycles. The molecule has 31 heavy (non-hydrogen) atoms. The molecule has 0 spiro atoms. The maximum atomic E-state index is 9.75. The first-order valence-electron chi connectivity index (χ1n) is 10.5. The van der Waals surface area contributed by atoms with Crippen LogP contribution >= 0.6 is 0 Å². The van der Waals surface area contributed by atoms with E-state index in [0.29, 0.717) is 36.3 Å². The van der Waals surface area contributed by atoms with Crippen molar-refractivity contribution in [3.05, 3.63) is 65.6 Å². The van der Waals surface area contributed by atoms with Crippen LogP contribution in [0.2, 0.25) is 0 Å². The zero-order chi connectivity index (χ0) is 21.6. The smallest absolute Gasteiger partial charge is 0.210 e. The molecule has 0 radical (unpaired) electrons. The van der Waals surface area contributed by atoms with Gasteiger partial charge in [0.15, 0.2) is 0 Å². The number of nitrogens with one attached hydrogen (secondary N) is 1. The quantitative estimate of drug-likeness (QED) is 0.356. The van der Waals surface area contributed by atoms with Crippen LogP contribution in [0.3, 0.4) is 0 Å². The zero-order valence-corrected chi connectivity index (χ0v) is 17.5. The third-order valence-electron chi connectivity index (χ3n) is 5.07. The molecule has 4 rings (SSSR count). The molecule has 0 amide bonds. The molecule has 1 fully saturated rings. The van der Waals surface area contributed by atoms with E-state index in [1.807, 2.05) is 28.8 Å². The van der Waals surface area contributed by atoms with Crippen LogP contribution in [-0.4, -0.2) is 45.6 Å². The van der Waals surface area contributed by atoms with Gasteiger partial charge >= 0.3 is 0 Å². The van der Waals surface area contributed by atoms with Crippen LogP contribution in [-0.2, 0) is 6.54 Å². The van der Waals surface area contributed by atoms with Crippen molar-refractivity contribution < 1.29 is 14.4 Å². The largest absolute Gasteiger partial charge is 0.490 e. The van der Waals surface area contributed by atoms with E-state index in [9.17, 15) is 5.11 Å². The van der Waals surface area contributed by atoms with Crippen molar-refractivity contribution in [3.8, 4) is 17.6 Å². The molecule has 1 saturated carbocycles. The van der Waals surface area contributed by atoms with Gasteiger partial charge in [-0.2, -0.15) is 0 Å². The highest BCUT2D eigenvalue weighted by molar-refractivity contribution is 5.42. The molecule has 0 bridgehead atoms. The Hall–Kier alpha value is -3.12. The van der Waals surface area contributed by atoms with E-state index >= 15 is 0 Å². The van der Waals surface area contributed by atoms with E-state index < -0.39 is 6.10 Å². The van der Waals surface area contributed by atoms with Crippen molar-refractivity contribution in [2.75, 3.05) is 19.6 Å². The minimum Gasteiger partial charge on any atom is -0.490 e. The number of imidazole rings is 1. The third-order valence-corrected chi connectivity index (χ3v) is 5.07. The highest BCUT2D eigenvalue weighted by Crippen LogP contribution is 2.34. The predicted molar refractivity (Wildman–Crippen MR) is 115 cm³/mol. The Balaban J connectivity index is 1.30. The first kappa shape index (κ1) is 21.1. The summed E-state index contributed by atoms with van der Waals surface area (Å²) < 4.78 is 13.1. The first-order chi connectivity index (χ1) is 15.1. The SMILES string of the molecule is CC(O)c1nccn1Cc1cc(C#Cc2ccc(O[C@@H]3C[C@H]3CNCCN)cc2)on1. The van der Waals surface area contributed by atoms with Crippen LogP contribution in [0, 0.1) is 17.8 Å². The Morgan fingerprint density at radius 1 is 1.35 bits per heavy atom. The molecule has 3 aromatic rings. The monoisotopic (exact) mass is 421 g/mol. The van der Waals surface area contributed by atoms with Crippen molar-refractivity contribution >= 4 is 0 Å². The Bertz CT molecular complexity index is 1050. The minimum absolute atomic E-state index is 0.277. The summed E-state index contributed by atoms with van der Waals surface area (Å²) in [5.74, 6) is 8.56. The maximum Gasteiger partial charge on any atom is 0.210 e. The van der Waals surface area contributed by atoms with Crippen molar-refractivity contribution in [3.63, 3.8) is 0 Å². The van der Waals surface area contributed by atoms with Crippen molar-refractivity contribution in [2.45, 2.75) is 32.1 Å². The molecule has 4 N–H and O–H groups in total. The van der Waals surface area contributed by atoms with Crippen molar-refractivity contribution in [1.82, 2.24) is 20.0 Å². The number of aliphatic hydroxyl groups is 1. The fraction of sp³-hybridized carbons (Fsp3) is 0.391. The number of hydrogen-bond donors (Lipinski definition) is 3. The zero-order valence-electron chi connectivity index (χ0n) is 17.5. The lowest BCUT2D eigenvalue weighted by atomic mass is 10.2. The Morgan fingerprint density at radius 2 is 2.19 bits per heavy atom. The number of nitrogens with two attached hydrogens (primary N) is 1. The molecule has 1 aliphatic carbocycles. The van der Waals surface area contributed by atoms with Gasteiger partial charge in [-0.25, -0.2) is 4.98 Å². The molecule has 3 atom stereocenters. The van der Waals surface area contributed by atoms with Gasteiger partial charge in [0.1, 0.15) is 29.5 Å². The van der Waals surface area contributed by atoms with Gasteiger partial charge < -0.3 is 30.0 Å². The van der Waals surface area contributed by atoms with Gasteiger partial charge in [0.25, 0.3) is 0 Å². The van der Waals surface area contributed by atoms with Crippen molar-refractivity contribution in [2.24, 2.45) is 11.7 Å². The summed E-state index contributed by atoms with van der Waals surface area (Å²) >= 11 is 0.